The first-order valence-corrected chi connectivity index (χ1v) is 15.7. The predicted molar refractivity (Wildman–Crippen MR) is 178 cm³/mol. The Morgan fingerprint density at radius 2 is 0.935 bits per heavy atom. The van der Waals surface area contributed by atoms with Gasteiger partial charge in [-0.2, -0.15) is 0 Å². The van der Waals surface area contributed by atoms with Gasteiger partial charge in [-0.05, 0) is 64.6 Å². The van der Waals surface area contributed by atoms with Crippen molar-refractivity contribution in [3.05, 3.63) is 168 Å². The molecule has 0 aromatic heterocycles. The third-order valence-electron chi connectivity index (χ3n) is 9.98. The normalized spacial score (nSPS) is 24.9. The van der Waals surface area contributed by atoms with Gasteiger partial charge in [-0.3, -0.25) is 14.4 Å². The minimum Gasteiger partial charge on any atom is -0.494 e. The molecular formula is C41H31NO4. The minimum atomic E-state index is -1.42. The van der Waals surface area contributed by atoms with Crippen LogP contribution in [0.15, 0.2) is 146 Å². The van der Waals surface area contributed by atoms with Crippen molar-refractivity contribution in [2.45, 2.75) is 17.8 Å². The van der Waals surface area contributed by atoms with Gasteiger partial charge >= 0.3 is 0 Å². The van der Waals surface area contributed by atoms with Crippen molar-refractivity contribution in [2.75, 3.05) is 11.5 Å². The topological polar surface area (TPSA) is 63.7 Å². The van der Waals surface area contributed by atoms with E-state index in [1.54, 1.807) is 24.3 Å². The number of hydrogen-bond donors (Lipinski definition) is 0. The highest BCUT2D eigenvalue weighted by Crippen LogP contribution is 2.74. The molecule has 5 nitrogen and oxygen atoms in total. The monoisotopic (exact) mass is 601 g/mol. The number of allylic oxidation sites excluding steroid dienone is 2. The Hall–Kier alpha value is -5.55. The third-order valence-corrected chi connectivity index (χ3v) is 9.98. The first kappa shape index (κ1) is 28.0. The summed E-state index contributed by atoms with van der Waals surface area (Å²) in [6.45, 7) is 2.41. The molecule has 1 aliphatic heterocycles. The van der Waals surface area contributed by atoms with Crippen molar-refractivity contribution in [1.82, 2.24) is 0 Å². The number of amides is 2. The van der Waals surface area contributed by atoms with Crippen LogP contribution in [0.5, 0.6) is 5.75 Å². The molecule has 0 unspecified atom stereocenters. The third kappa shape index (κ3) is 3.54. The number of anilines is 1. The molecule has 2 amide bonds. The van der Waals surface area contributed by atoms with Crippen LogP contribution in [0.4, 0.5) is 5.69 Å². The fourth-order valence-corrected chi connectivity index (χ4v) is 8.45. The summed E-state index contributed by atoms with van der Waals surface area (Å²) in [6.07, 6.45) is 0. The second-order valence-electron chi connectivity index (χ2n) is 12.1. The molecule has 5 aromatic carbocycles. The van der Waals surface area contributed by atoms with E-state index in [2.05, 4.69) is 0 Å². The molecule has 1 saturated carbocycles. The van der Waals surface area contributed by atoms with E-state index in [0.717, 1.165) is 22.3 Å². The maximum absolute atomic E-state index is 15.9. The number of Topliss-reactive ketones (excluding diaryl/α,β-unsaturated/α-hetero) is 1. The predicted octanol–water partition coefficient (Wildman–Crippen LogP) is 7.27. The highest BCUT2D eigenvalue weighted by Gasteiger charge is 2.82. The van der Waals surface area contributed by atoms with Crippen LogP contribution in [0.25, 0.3) is 11.1 Å². The van der Waals surface area contributed by atoms with Crippen LogP contribution < -0.4 is 9.64 Å². The summed E-state index contributed by atoms with van der Waals surface area (Å²) in [5.41, 5.74) is 2.35. The molecule has 0 N–H and O–H groups in total. The fourth-order valence-electron chi connectivity index (χ4n) is 8.45. The lowest BCUT2D eigenvalue weighted by Crippen LogP contribution is -2.45. The lowest BCUT2D eigenvalue weighted by molar-refractivity contribution is -0.130. The average Bonchev–Trinajstić information content (AvgIpc) is 3.62. The van der Waals surface area contributed by atoms with Gasteiger partial charge in [0.2, 0.25) is 11.8 Å². The quantitative estimate of drug-likeness (QED) is 0.184. The number of carbonyl (C=O) groups excluding carboxylic acids is 3. The summed E-state index contributed by atoms with van der Waals surface area (Å²) in [5.74, 6) is -2.11. The minimum absolute atomic E-state index is 0.127. The maximum Gasteiger partial charge on any atom is 0.239 e. The number of nitrogens with zero attached hydrogens (tertiary/aromatic N) is 1. The molecule has 0 radical (unpaired) electrons. The number of ether oxygens (including phenoxy) is 1. The molecule has 8 rings (SSSR count). The smallest absolute Gasteiger partial charge is 0.239 e. The van der Waals surface area contributed by atoms with Crippen LogP contribution in [0.3, 0.4) is 0 Å². The molecule has 0 spiro atoms. The summed E-state index contributed by atoms with van der Waals surface area (Å²) in [5, 5.41) is 0. The number of carbonyl (C=O) groups is 3. The van der Waals surface area contributed by atoms with E-state index in [1.165, 1.54) is 4.90 Å². The van der Waals surface area contributed by atoms with Crippen LogP contribution in [0.1, 0.15) is 29.2 Å². The second kappa shape index (κ2) is 10.5. The molecular weight excluding hydrogens is 570 g/mol. The molecule has 2 aliphatic carbocycles. The van der Waals surface area contributed by atoms with Crippen LogP contribution in [-0.2, 0) is 25.2 Å². The number of rotatable bonds is 7. The van der Waals surface area contributed by atoms with Gasteiger partial charge in [0.1, 0.15) is 5.75 Å². The fraction of sp³-hybridized carbons (Fsp3) is 0.146. The van der Waals surface area contributed by atoms with E-state index >= 15 is 14.4 Å². The first-order valence-electron chi connectivity index (χ1n) is 15.7. The standard InChI is InChI=1S/C41H31NO4/c1-2-46-32-25-23-31(24-26-32)42-37(43)35-36(38(42)44)41(30-21-13-6-14-22-30)34(28-17-9-4-10-18-28)33(27-15-7-3-8-16-27)40(35,39(41)45)29-19-11-5-12-20-29/h3-26,35-36H,2H2,1H3/t35-,36-,40-,41-/m0/s1. The Morgan fingerprint density at radius 1 is 0.543 bits per heavy atom. The molecule has 2 fully saturated rings. The summed E-state index contributed by atoms with van der Waals surface area (Å²) >= 11 is 0. The van der Waals surface area contributed by atoms with Crippen LogP contribution in [0, 0.1) is 11.8 Å². The molecule has 5 heteroatoms. The van der Waals surface area contributed by atoms with Crippen LogP contribution in [0.2, 0.25) is 0 Å². The SMILES string of the molecule is CCOc1ccc(N2C(=O)[C@@H]3[C@@H](C2=O)[C@@]2(c4ccccc4)C(=O)[C@@]3(c3ccccc3)C(c3ccccc3)=C2c2ccccc2)cc1. The second-order valence-corrected chi connectivity index (χ2v) is 12.1. The van der Waals surface area contributed by atoms with Gasteiger partial charge in [0.15, 0.2) is 5.78 Å². The Bertz CT molecular complexity index is 1880. The number of fused-ring (bicyclic) bond motifs is 5. The molecule has 1 saturated heterocycles. The van der Waals surface area contributed by atoms with Gasteiger partial charge in [0.05, 0.1) is 35.0 Å². The lowest BCUT2D eigenvalue weighted by Gasteiger charge is -2.39. The Balaban J connectivity index is 1.50. The molecule has 3 aliphatic rings. The van der Waals surface area contributed by atoms with E-state index < -0.39 is 22.7 Å². The number of ketones is 1. The van der Waals surface area contributed by atoms with Crippen molar-refractivity contribution in [3.8, 4) is 5.75 Å². The van der Waals surface area contributed by atoms with Crippen molar-refractivity contribution >= 4 is 34.4 Å². The molecule has 1 heterocycles. The van der Waals surface area contributed by atoms with Crippen molar-refractivity contribution < 1.29 is 19.1 Å². The van der Waals surface area contributed by atoms with E-state index in [1.807, 2.05) is 128 Å². The highest BCUT2D eigenvalue weighted by atomic mass is 16.5. The zero-order chi connectivity index (χ0) is 31.5. The van der Waals surface area contributed by atoms with E-state index in [9.17, 15) is 0 Å². The summed E-state index contributed by atoms with van der Waals surface area (Å²) in [7, 11) is 0. The van der Waals surface area contributed by atoms with E-state index in [-0.39, 0.29) is 17.6 Å². The highest BCUT2D eigenvalue weighted by molar-refractivity contribution is 6.39. The van der Waals surface area contributed by atoms with E-state index in [0.29, 0.717) is 29.2 Å². The molecule has 46 heavy (non-hydrogen) atoms. The van der Waals surface area contributed by atoms with Crippen LogP contribution in [-0.4, -0.2) is 24.2 Å². The van der Waals surface area contributed by atoms with Gasteiger partial charge in [0.25, 0.3) is 0 Å². The van der Waals surface area contributed by atoms with Crippen LogP contribution >= 0.6 is 0 Å². The van der Waals surface area contributed by atoms with Gasteiger partial charge in [-0.25, -0.2) is 4.90 Å². The van der Waals surface area contributed by atoms with E-state index in [4.69, 9.17) is 4.74 Å². The molecule has 2 bridgehead atoms. The molecule has 224 valence electrons. The summed E-state index contributed by atoms with van der Waals surface area (Å²) in [4.78, 5) is 47.2. The number of hydrogen-bond acceptors (Lipinski definition) is 4. The number of benzene rings is 5. The van der Waals surface area contributed by atoms with Gasteiger partial charge in [-0.1, -0.05) is 121 Å². The Kier molecular flexibility index (Phi) is 6.40. The van der Waals surface area contributed by atoms with Crippen molar-refractivity contribution in [3.63, 3.8) is 0 Å². The Morgan fingerprint density at radius 3 is 1.33 bits per heavy atom. The molecule has 4 atom stereocenters. The zero-order valence-electron chi connectivity index (χ0n) is 25.3. The van der Waals surface area contributed by atoms with Crippen molar-refractivity contribution in [1.29, 1.82) is 0 Å². The lowest BCUT2D eigenvalue weighted by atomic mass is 9.59. The zero-order valence-corrected chi connectivity index (χ0v) is 25.3. The van der Waals surface area contributed by atoms with Crippen molar-refractivity contribution in [2.24, 2.45) is 11.8 Å². The average molecular weight is 602 g/mol. The van der Waals surface area contributed by atoms with Gasteiger partial charge in [-0.15, -0.1) is 0 Å². The Labute approximate surface area is 267 Å². The van der Waals surface area contributed by atoms with Gasteiger partial charge in [0, 0.05) is 0 Å². The first-order chi connectivity index (χ1) is 22.6. The molecule has 5 aromatic rings. The van der Waals surface area contributed by atoms with Gasteiger partial charge < -0.3 is 4.74 Å². The number of imide groups is 1. The maximum atomic E-state index is 15.9. The summed E-state index contributed by atoms with van der Waals surface area (Å²) < 4.78 is 5.64. The summed E-state index contributed by atoms with van der Waals surface area (Å²) in [6, 6.07) is 46.0. The largest absolute Gasteiger partial charge is 0.494 e.